The molecular weight excluding hydrogens is 827 g/mol. The highest BCUT2D eigenvalue weighted by Crippen LogP contribution is 2.18. The van der Waals surface area contributed by atoms with Crippen LogP contribution in [0.25, 0.3) is 0 Å². The van der Waals surface area contributed by atoms with Crippen LogP contribution in [0, 0.1) is 0 Å². The Morgan fingerprint density at radius 1 is 0.403 bits per heavy atom. The van der Waals surface area contributed by atoms with Crippen molar-refractivity contribution in [2.75, 3.05) is 13.2 Å². The molecule has 0 aromatic rings. The average Bonchev–Trinajstić information content (AvgIpc) is 3.33. The number of aliphatic hydroxyl groups excluding tert-OH is 2. The lowest BCUT2D eigenvalue weighted by Gasteiger charge is -2.22. The number of hydrogen-bond acceptors (Lipinski definition) is 5. The molecule has 0 spiro atoms. The molecule has 0 aromatic carbocycles. The van der Waals surface area contributed by atoms with Crippen molar-refractivity contribution < 1.29 is 24.5 Å². The van der Waals surface area contributed by atoms with E-state index in [0.29, 0.717) is 25.9 Å². The molecule has 0 aliphatic carbocycles. The SMILES string of the molecule is CCCCCCCCCCCCCCCCCCCC(=O)OCCCCCCCCCCC/C=C\CCCCCCCCCC(=O)NC(CO)C(O)CCCCCCCCCCCCCCC. The summed E-state index contributed by atoms with van der Waals surface area (Å²) in [6, 6.07) is -0.546. The molecule has 0 saturated carbocycles. The van der Waals surface area contributed by atoms with E-state index in [1.54, 1.807) is 0 Å². The third kappa shape index (κ3) is 53.8. The third-order valence-electron chi connectivity index (χ3n) is 14.3. The molecule has 2 atom stereocenters. The van der Waals surface area contributed by atoms with E-state index in [1.807, 2.05) is 0 Å². The van der Waals surface area contributed by atoms with Gasteiger partial charge in [-0.1, -0.05) is 289 Å². The second-order valence-corrected chi connectivity index (χ2v) is 21.0. The van der Waals surface area contributed by atoms with E-state index in [4.69, 9.17) is 4.74 Å². The highest BCUT2D eigenvalue weighted by Gasteiger charge is 2.20. The van der Waals surface area contributed by atoms with Crippen LogP contribution in [0.2, 0.25) is 0 Å². The molecule has 0 fully saturated rings. The number of ether oxygens (including phenoxy) is 1. The maximum Gasteiger partial charge on any atom is 0.305 e. The van der Waals surface area contributed by atoms with Gasteiger partial charge in [0.25, 0.3) is 0 Å². The molecule has 6 heteroatoms. The maximum absolute atomic E-state index is 12.5. The summed E-state index contributed by atoms with van der Waals surface area (Å²) in [4.78, 5) is 24.5. The second-order valence-electron chi connectivity index (χ2n) is 21.0. The molecule has 0 heterocycles. The molecule has 0 aromatic heterocycles. The van der Waals surface area contributed by atoms with Crippen LogP contribution < -0.4 is 5.32 Å². The van der Waals surface area contributed by atoms with Crippen LogP contribution in [0.1, 0.15) is 341 Å². The summed E-state index contributed by atoms with van der Waals surface area (Å²) in [6.45, 7) is 4.97. The average molecular weight is 947 g/mol. The van der Waals surface area contributed by atoms with Gasteiger partial charge in [-0.3, -0.25) is 9.59 Å². The van der Waals surface area contributed by atoms with Crippen LogP contribution in [0.3, 0.4) is 0 Å². The molecular formula is C61H119NO5. The molecule has 1 amide bonds. The van der Waals surface area contributed by atoms with Crippen molar-refractivity contribution in [3.05, 3.63) is 12.2 Å². The minimum atomic E-state index is -0.668. The van der Waals surface area contributed by atoms with Crippen LogP contribution in [0.15, 0.2) is 12.2 Å². The van der Waals surface area contributed by atoms with Gasteiger partial charge in [-0.25, -0.2) is 0 Å². The number of nitrogens with one attached hydrogen (secondary N) is 1. The molecule has 6 nitrogen and oxygen atoms in total. The van der Waals surface area contributed by atoms with Crippen LogP contribution in [-0.2, 0) is 14.3 Å². The fraction of sp³-hybridized carbons (Fsp3) is 0.934. The van der Waals surface area contributed by atoms with E-state index in [9.17, 15) is 19.8 Å². The zero-order valence-electron chi connectivity index (χ0n) is 45.4. The lowest BCUT2D eigenvalue weighted by Crippen LogP contribution is -2.45. The molecule has 67 heavy (non-hydrogen) atoms. The van der Waals surface area contributed by atoms with Gasteiger partial charge in [0.05, 0.1) is 25.4 Å². The van der Waals surface area contributed by atoms with Gasteiger partial charge in [0.2, 0.25) is 5.91 Å². The van der Waals surface area contributed by atoms with Gasteiger partial charge < -0.3 is 20.3 Å². The minimum Gasteiger partial charge on any atom is -0.466 e. The van der Waals surface area contributed by atoms with Crippen molar-refractivity contribution in [1.82, 2.24) is 5.32 Å². The summed E-state index contributed by atoms with van der Waals surface area (Å²) >= 11 is 0. The fourth-order valence-corrected chi connectivity index (χ4v) is 9.64. The largest absolute Gasteiger partial charge is 0.466 e. The first kappa shape index (κ1) is 65.6. The topological polar surface area (TPSA) is 95.9 Å². The number of rotatable bonds is 57. The number of aliphatic hydroxyl groups is 2. The predicted molar refractivity (Wildman–Crippen MR) is 292 cm³/mol. The zero-order valence-corrected chi connectivity index (χ0v) is 45.4. The molecule has 0 bridgehead atoms. The number of carbonyl (C=O) groups is 2. The van der Waals surface area contributed by atoms with Gasteiger partial charge in [-0.2, -0.15) is 0 Å². The highest BCUT2D eigenvalue weighted by atomic mass is 16.5. The first-order chi connectivity index (χ1) is 33.0. The van der Waals surface area contributed by atoms with Crippen LogP contribution in [0.5, 0.6) is 0 Å². The van der Waals surface area contributed by atoms with Crippen LogP contribution >= 0.6 is 0 Å². The van der Waals surface area contributed by atoms with Gasteiger partial charge in [-0.15, -0.1) is 0 Å². The van der Waals surface area contributed by atoms with Gasteiger partial charge in [0, 0.05) is 12.8 Å². The lowest BCUT2D eigenvalue weighted by atomic mass is 10.0. The van der Waals surface area contributed by atoms with E-state index < -0.39 is 12.1 Å². The van der Waals surface area contributed by atoms with Gasteiger partial charge >= 0.3 is 5.97 Å². The van der Waals surface area contributed by atoms with Gasteiger partial charge in [0.1, 0.15) is 0 Å². The standard InChI is InChI=1S/C61H119NO5/c1-3-5-7-9-11-13-15-17-18-23-27-31-35-39-43-47-51-55-61(66)67-56-52-48-44-40-36-32-28-25-22-20-19-21-24-26-30-34-38-42-46-50-54-60(65)62-58(57-63)59(64)53-49-45-41-37-33-29-16-14-12-10-8-6-4-2/h19,21,58-59,63-64H,3-18,20,22-57H2,1-2H3,(H,62,65)/b21-19-. The molecule has 0 aliphatic heterocycles. The Kier molecular flexibility index (Phi) is 56.0. The van der Waals surface area contributed by atoms with Crippen LogP contribution in [-0.4, -0.2) is 47.4 Å². The van der Waals surface area contributed by atoms with Crippen molar-refractivity contribution in [3.8, 4) is 0 Å². The van der Waals surface area contributed by atoms with Gasteiger partial charge in [-0.05, 0) is 51.4 Å². The molecule has 398 valence electrons. The summed E-state index contributed by atoms with van der Waals surface area (Å²) in [5.41, 5.74) is 0. The number of unbranched alkanes of at least 4 members (excludes halogenated alkanes) is 44. The first-order valence-electron chi connectivity index (χ1n) is 30.4. The van der Waals surface area contributed by atoms with Crippen LogP contribution in [0.4, 0.5) is 0 Å². The number of carbonyl (C=O) groups excluding carboxylic acids is 2. The second kappa shape index (κ2) is 57.2. The Bertz CT molecular complexity index is 1000. The van der Waals surface area contributed by atoms with E-state index in [0.717, 1.165) is 38.5 Å². The summed E-state index contributed by atoms with van der Waals surface area (Å²) in [5, 5.41) is 23.2. The summed E-state index contributed by atoms with van der Waals surface area (Å²) < 4.78 is 5.49. The molecule has 0 rings (SSSR count). The van der Waals surface area contributed by atoms with E-state index in [2.05, 4.69) is 31.3 Å². The highest BCUT2D eigenvalue weighted by molar-refractivity contribution is 5.76. The summed E-state index contributed by atoms with van der Waals surface area (Å²) in [5.74, 6) is -0.0314. The predicted octanol–water partition coefficient (Wildman–Crippen LogP) is 18.9. The van der Waals surface area contributed by atoms with E-state index >= 15 is 0 Å². The Balaban J connectivity index is 3.39. The van der Waals surface area contributed by atoms with E-state index in [-0.39, 0.29) is 18.5 Å². The third-order valence-corrected chi connectivity index (χ3v) is 14.3. The number of esters is 1. The first-order valence-corrected chi connectivity index (χ1v) is 30.4. The minimum absolute atomic E-state index is 0.0108. The molecule has 0 radical (unpaired) electrons. The summed E-state index contributed by atoms with van der Waals surface area (Å²) in [7, 11) is 0. The maximum atomic E-state index is 12.5. The Labute approximate surface area is 419 Å². The molecule has 2 unspecified atom stereocenters. The summed E-state index contributed by atoms with van der Waals surface area (Å²) in [6.07, 6.45) is 67.9. The number of hydrogen-bond donors (Lipinski definition) is 3. The van der Waals surface area contributed by atoms with Crippen molar-refractivity contribution in [2.45, 2.75) is 353 Å². The zero-order chi connectivity index (χ0) is 48.6. The quantitative estimate of drug-likeness (QED) is 0.0321. The molecule has 0 aliphatic rings. The van der Waals surface area contributed by atoms with Crippen molar-refractivity contribution in [3.63, 3.8) is 0 Å². The smallest absolute Gasteiger partial charge is 0.305 e. The Morgan fingerprint density at radius 2 is 0.701 bits per heavy atom. The fourth-order valence-electron chi connectivity index (χ4n) is 9.64. The van der Waals surface area contributed by atoms with E-state index in [1.165, 1.54) is 270 Å². The van der Waals surface area contributed by atoms with Crippen molar-refractivity contribution >= 4 is 11.9 Å². The monoisotopic (exact) mass is 946 g/mol. The number of amides is 1. The Hall–Kier alpha value is -1.40. The number of allylic oxidation sites excluding steroid dienone is 2. The Morgan fingerprint density at radius 3 is 1.06 bits per heavy atom. The van der Waals surface area contributed by atoms with Crippen molar-refractivity contribution in [1.29, 1.82) is 0 Å². The van der Waals surface area contributed by atoms with Crippen molar-refractivity contribution in [2.24, 2.45) is 0 Å². The molecule has 0 saturated heterocycles. The van der Waals surface area contributed by atoms with Gasteiger partial charge in [0.15, 0.2) is 0 Å². The lowest BCUT2D eigenvalue weighted by molar-refractivity contribution is -0.143. The normalized spacial score (nSPS) is 12.6. The molecule has 3 N–H and O–H groups in total.